The summed E-state index contributed by atoms with van der Waals surface area (Å²) in [6.45, 7) is 5.52. The van der Waals surface area contributed by atoms with E-state index in [-0.39, 0.29) is 32.3 Å². The molecule has 3 N–H and O–H groups in total. The standard InChI is InChI=1S/C16H37NO10P2S.C2H4O.C2H6/c1-17-7-5-4-6-16(14-18)15-25-28(19)24-12-10-22-8-9-23-11-13-26-29(30,21-3)27-20-2;1-2-3;1-2/h16-19H,4-15H2,1-3H3;2H,1H3;1-2H3. The molecule has 0 saturated carbocycles. The molecule has 0 radical (unpaired) electrons. The van der Waals surface area contributed by atoms with Gasteiger partial charge < -0.3 is 47.7 Å². The monoisotopic (exact) mass is 571 g/mol. The van der Waals surface area contributed by atoms with Crippen molar-refractivity contribution >= 4 is 33.4 Å². The molecule has 214 valence electrons. The van der Waals surface area contributed by atoms with Gasteiger partial charge in [-0.25, -0.2) is 4.89 Å². The van der Waals surface area contributed by atoms with Gasteiger partial charge >= 0.3 is 15.3 Å². The third kappa shape index (κ3) is 30.4. The minimum absolute atomic E-state index is 0.00194. The molecule has 0 aliphatic carbocycles. The lowest BCUT2D eigenvalue weighted by Gasteiger charge is -2.17. The Labute approximate surface area is 217 Å². The lowest BCUT2D eigenvalue weighted by molar-refractivity contribution is -0.190. The molecule has 0 rings (SSSR count). The van der Waals surface area contributed by atoms with Gasteiger partial charge in [-0.15, -0.1) is 4.67 Å². The largest absolute Gasteiger partial charge is 0.396 e. The van der Waals surface area contributed by atoms with Crippen LogP contribution >= 0.6 is 15.3 Å². The fourth-order valence-corrected chi connectivity index (χ4v) is 3.81. The molecule has 0 saturated heterocycles. The number of carbonyl (C=O) groups excluding carboxylic acids is 1. The van der Waals surface area contributed by atoms with Crippen LogP contribution in [0, 0.1) is 5.92 Å². The van der Waals surface area contributed by atoms with Crippen molar-refractivity contribution in [2.45, 2.75) is 40.0 Å². The van der Waals surface area contributed by atoms with E-state index in [2.05, 4.69) is 10.2 Å². The second-order valence-electron chi connectivity index (χ2n) is 6.18. The number of hydrogen-bond donors (Lipinski definition) is 3. The molecule has 0 heterocycles. The van der Waals surface area contributed by atoms with Crippen LogP contribution in [0.4, 0.5) is 0 Å². The van der Waals surface area contributed by atoms with E-state index >= 15 is 0 Å². The summed E-state index contributed by atoms with van der Waals surface area (Å²) in [5.41, 5.74) is 0. The molecule has 0 aliphatic heterocycles. The smallest absolute Gasteiger partial charge is 0.355 e. The molecular weight excluding hydrogens is 524 g/mol. The van der Waals surface area contributed by atoms with Crippen molar-refractivity contribution in [1.29, 1.82) is 0 Å². The van der Waals surface area contributed by atoms with Gasteiger partial charge in [-0.05, 0) is 45.2 Å². The predicted molar refractivity (Wildman–Crippen MR) is 139 cm³/mol. The zero-order valence-electron chi connectivity index (χ0n) is 22.0. The van der Waals surface area contributed by atoms with Crippen molar-refractivity contribution in [3.8, 4) is 0 Å². The van der Waals surface area contributed by atoms with Crippen molar-refractivity contribution < 1.29 is 51.9 Å². The first-order chi connectivity index (χ1) is 16.9. The maximum absolute atomic E-state index is 9.73. The van der Waals surface area contributed by atoms with Crippen LogP contribution in [0.2, 0.25) is 0 Å². The summed E-state index contributed by atoms with van der Waals surface area (Å²) < 4.78 is 36.1. The van der Waals surface area contributed by atoms with Crippen LogP contribution < -0.4 is 5.32 Å². The van der Waals surface area contributed by atoms with Gasteiger partial charge in [0.05, 0.1) is 53.4 Å². The Bertz CT molecular complexity index is 471. The number of nitrogens with one attached hydrogen (secondary N) is 1. The Balaban J connectivity index is -0.00000189. The van der Waals surface area contributed by atoms with Crippen LogP contribution in [0.1, 0.15) is 40.0 Å². The predicted octanol–water partition coefficient (Wildman–Crippen LogP) is 2.97. The first kappa shape index (κ1) is 39.8. The topological polar surface area (TPSA) is 143 Å². The number of aliphatic hydroxyl groups excluding tert-OH is 1. The molecule has 0 aromatic heterocycles. The number of aliphatic hydroxyl groups is 1. The van der Waals surface area contributed by atoms with Crippen molar-refractivity contribution in [2.75, 3.05) is 80.7 Å². The Hall–Kier alpha value is 0.310. The fourth-order valence-electron chi connectivity index (χ4n) is 2.07. The van der Waals surface area contributed by atoms with E-state index in [9.17, 15) is 10.00 Å². The van der Waals surface area contributed by atoms with E-state index in [1.54, 1.807) is 0 Å². The van der Waals surface area contributed by atoms with Gasteiger partial charge in [-0.1, -0.05) is 20.3 Å². The zero-order chi connectivity index (χ0) is 27.2. The van der Waals surface area contributed by atoms with E-state index < -0.39 is 15.3 Å². The number of carbonyl (C=O) groups is 1. The van der Waals surface area contributed by atoms with Crippen LogP contribution in [-0.2, 0) is 53.7 Å². The molecule has 3 atom stereocenters. The van der Waals surface area contributed by atoms with Gasteiger partial charge in [0.2, 0.25) is 0 Å². The molecule has 0 fully saturated rings. The number of hydrogen-bond acceptors (Lipinski definition) is 13. The van der Waals surface area contributed by atoms with E-state index in [0.717, 1.165) is 32.1 Å². The summed E-state index contributed by atoms with van der Waals surface area (Å²) in [6, 6.07) is 0. The van der Waals surface area contributed by atoms with Gasteiger partial charge in [-0.2, -0.15) is 0 Å². The van der Waals surface area contributed by atoms with Gasteiger partial charge in [0, 0.05) is 19.6 Å². The third-order valence-electron chi connectivity index (χ3n) is 3.64. The van der Waals surface area contributed by atoms with Gasteiger partial charge in [0.1, 0.15) is 6.29 Å². The first-order valence-electron chi connectivity index (χ1n) is 11.5. The Morgan fingerprint density at radius 1 is 1.03 bits per heavy atom. The summed E-state index contributed by atoms with van der Waals surface area (Å²) in [7, 11) is 2.64. The van der Waals surface area contributed by atoms with Crippen molar-refractivity contribution in [2.24, 2.45) is 5.92 Å². The second kappa shape index (κ2) is 32.3. The van der Waals surface area contributed by atoms with Gasteiger partial charge in [0.25, 0.3) is 0 Å². The van der Waals surface area contributed by atoms with Crippen molar-refractivity contribution in [1.82, 2.24) is 5.32 Å². The van der Waals surface area contributed by atoms with Crippen LogP contribution in [0.5, 0.6) is 0 Å². The van der Waals surface area contributed by atoms with Crippen molar-refractivity contribution in [3.05, 3.63) is 0 Å². The molecule has 0 bridgehead atoms. The van der Waals surface area contributed by atoms with E-state index in [1.807, 2.05) is 20.9 Å². The Morgan fingerprint density at radius 3 is 2.11 bits per heavy atom. The van der Waals surface area contributed by atoms with Crippen molar-refractivity contribution in [3.63, 3.8) is 0 Å². The lowest BCUT2D eigenvalue weighted by atomic mass is 10.0. The van der Waals surface area contributed by atoms with E-state index in [4.69, 9.17) is 48.8 Å². The van der Waals surface area contributed by atoms with E-state index in [1.165, 1.54) is 21.1 Å². The van der Waals surface area contributed by atoms with E-state index in [0.29, 0.717) is 26.4 Å². The molecule has 0 aromatic rings. The summed E-state index contributed by atoms with van der Waals surface area (Å²) in [5, 5.41) is 12.4. The SMILES string of the molecule is CC.CC=O.CNCCCCC(CO)COP(O)OCCOCCOCCOP(=S)(OC)OOC. The summed E-state index contributed by atoms with van der Waals surface area (Å²) in [4.78, 5) is 23.0. The normalized spacial score (nSPS) is 14.1. The maximum Gasteiger partial charge on any atom is 0.355 e. The summed E-state index contributed by atoms with van der Waals surface area (Å²) >= 11 is 5.02. The molecule has 15 heteroatoms. The minimum atomic E-state index is -2.87. The van der Waals surface area contributed by atoms with Gasteiger partial charge in [-0.3, -0.25) is 0 Å². The molecule has 0 spiro atoms. The fraction of sp³-hybridized carbons (Fsp3) is 0.950. The number of aldehydes is 1. The average molecular weight is 572 g/mol. The van der Waals surface area contributed by atoms with Crippen LogP contribution in [0.25, 0.3) is 0 Å². The Kier molecular flexibility index (Phi) is 36.8. The molecule has 35 heavy (non-hydrogen) atoms. The maximum atomic E-state index is 9.73. The highest BCUT2D eigenvalue weighted by molar-refractivity contribution is 8.07. The van der Waals surface area contributed by atoms with Gasteiger partial charge in [0.15, 0.2) is 0 Å². The summed E-state index contributed by atoms with van der Waals surface area (Å²) in [5.74, 6) is -0.00194. The number of ether oxygens (including phenoxy) is 2. The minimum Gasteiger partial charge on any atom is -0.396 e. The van der Waals surface area contributed by atoms with Crippen LogP contribution in [0.15, 0.2) is 0 Å². The number of rotatable bonds is 23. The first-order valence-corrected chi connectivity index (χ1v) is 15.2. The molecule has 0 aliphatic rings. The molecule has 12 nitrogen and oxygen atoms in total. The molecule has 3 unspecified atom stereocenters. The van der Waals surface area contributed by atoms with Crippen LogP contribution in [0.3, 0.4) is 0 Å². The third-order valence-corrected chi connectivity index (χ3v) is 6.63. The highest BCUT2D eigenvalue weighted by atomic mass is 32.5. The van der Waals surface area contributed by atoms with Crippen LogP contribution in [-0.4, -0.2) is 97.0 Å². The highest BCUT2D eigenvalue weighted by Crippen LogP contribution is 2.48. The second-order valence-corrected chi connectivity index (χ2v) is 10.2. The zero-order valence-corrected chi connectivity index (χ0v) is 24.6. The molecule has 0 aromatic carbocycles. The molecular formula is C20H47NO11P2S. The highest BCUT2D eigenvalue weighted by Gasteiger charge is 2.19. The molecule has 0 amide bonds. The lowest BCUT2D eigenvalue weighted by Crippen LogP contribution is -2.15. The number of unbranched alkanes of at least 4 members (excludes halogenated alkanes) is 1. The Morgan fingerprint density at radius 2 is 1.60 bits per heavy atom. The summed E-state index contributed by atoms with van der Waals surface area (Å²) in [6.07, 6.45) is 3.62. The quantitative estimate of drug-likeness (QED) is 0.0544. The average Bonchev–Trinajstić information content (AvgIpc) is 2.86.